The van der Waals surface area contributed by atoms with Crippen LogP contribution in [-0.2, 0) is 14.8 Å². The molecule has 0 amide bonds. The van der Waals surface area contributed by atoms with E-state index in [0.717, 1.165) is 23.0 Å². The van der Waals surface area contributed by atoms with Gasteiger partial charge in [0, 0.05) is 12.0 Å². The molecule has 2 N–H and O–H groups in total. The van der Waals surface area contributed by atoms with E-state index in [1.807, 2.05) is 0 Å². The van der Waals surface area contributed by atoms with E-state index in [1.165, 1.54) is 12.1 Å². The number of alkyl halides is 2. The van der Waals surface area contributed by atoms with Gasteiger partial charge in [-0.05, 0) is 23.6 Å². The van der Waals surface area contributed by atoms with Crippen molar-refractivity contribution in [2.75, 3.05) is 0 Å². The van der Waals surface area contributed by atoms with Crippen molar-refractivity contribution >= 4 is 27.3 Å². The second-order valence-corrected chi connectivity index (χ2v) is 9.99. The molecule has 0 saturated heterocycles. The lowest BCUT2D eigenvalue weighted by atomic mass is 10.1. The maximum Gasteiger partial charge on any atom is 0.325 e. The number of rotatable bonds is 7. The van der Waals surface area contributed by atoms with Crippen molar-refractivity contribution in [2.45, 2.75) is 29.0 Å². The number of nitrogens with zero attached hydrogens (tertiary/aromatic N) is 1. The Morgan fingerprint density at radius 3 is 2.57 bits per heavy atom. The second-order valence-electron chi connectivity index (χ2n) is 6.99. The van der Waals surface area contributed by atoms with Crippen LogP contribution in [0.2, 0.25) is 0 Å². The van der Waals surface area contributed by atoms with E-state index in [9.17, 15) is 27.1 Å². The van der Waals surface area contributed by atoms with Gasteiger partial charge in [0.2, 0.25) is 0 Å². The maximum absolute atomic E-state index is 12.9. The molecular formula is C19H16F2N2O5S2. The summed E-state index contributed by atoms with van der Waals surface area (Å²) in [5, 5.41) is 13.1. The number of benzene rings is 1. The van der Waals surface area contributed by atoms with Gasteiger partial charge in [-0.1, -0.05) is 42.4 Å². The van der Waals surface area contributed by atoms with Crippen LogP contribution in [0.1, 0.15) is 30.5 Å². The maximum atomic E-state index is 12.9. The number of hydrogen-bond acceptors (Lipinski definition) is 6. The summed E-state index contributed by atoms with van der Waals surface area (Å²) in [5.74, 6) is -2.24. The lowest BCUT2D eigenvalue weighted by Crippen LogP contribution is -2.45. The van der Waals surface area contributed by atoms with Gasteiger partial charge in [0.25, 0.3) is 16.4 Å². The summed E-state index contributed by atoms with van der Waals surface area (Å²) >= 11 is 0.774. The summed E-state index contributed by atoms with van der Waals surface area (Å²) in [6.45, 7) is 1.68. The molecule has 1 aliphatic carbocycles. The van der Waals surface area contributed by atoms with Crippen LogP contribution in [0.25, 0.3) is 10.6 Å². The topological polar surface area (TPSA) is 110 Å². The van der Waals surface area contributed by atoms with Gasteiger partial charge >= 0.3 is 5.97 Å². The zero-order chi connectivity index (χ0) is 21.7. The standard InChI is InChI=1S/C19H16F2N2O5S2/c1-10-16(11-5-3-2-4-6-11)19(10,18(24)25)23-30(26,27)15-8-7-14(29-15)13-9-12(17(20)21)22-28-13/h2-10,16-17,23H,1H3,(H,24,25)/t10?,16-,19-/m0/s1. The summed E-state index contributed by atoms with van der Waals surface area (Å²) in [6.07, 6.45) is -2.81. The zero-order valence-electron chi connectivity index (χ0n) is 15.5. The predicted octanol–water partition coefficient (Wildman–Crippen LogP) is 3.88. The molecule has 1 aliphatic rings. The lowest BCUT2D eigenvalue weighted by molar-refractivity contribution is -0.140. The van der Waals surface area contributed by atoms with E-state index in [2.05, 4.69) is 9.88 Å². The molecule has 1 unspecified atom stereocenters. The number of hydrogen-bond donors (Lipinski definition) is 2. The van der Waals surface area contributed by atoms with Crippen LogP contribution in [0, 0.1) is 5.92 Å². The molecule has 1 saturated carbocycles. The lowest BCUT2D eigenvalue weighted by Gasteiger charge is -2.15. The van der Waals surface area contributed by atoms with E-state index in [-0.39, 0.29) is 14.8 Å². The number of aliphatic carboxylic acids is 1. The van der Waals surface area contributed by atoms with Crippen LogP contribution in [0.15, 0.2) is 57.3 Å². The fraction of sp³-hybridized carbons (Fsp3) is 0.263. The molecule has 1 aromatic carbocycles. The van der Waals surface area contributed by atoms with Gasteiger partial charge in [-0.2, -0.15) is 4.72 Å². The highest BCUT2D eigenvalue weighted by Gasteiger charge is 2.70. The molecule has 3 atom stereocenters. The van der Waals surface area contributed by atoms with Crippen LogP contribution < -0.4 is 4.72 Å². The van der Waals surface area contributed by atoms with Gasteiger partial charge in [-0.3, -0.25) is 4.79 Å². The Balaban J connectivity index is 1.62. The van der Waals surface area contributed by atoms with Gasteiger partial charge in [0.15, 0.2) is 5.76 Å². The monoisotopic (exact) mass is 454 g/mol. The Hall–Kier alpha value is -2.63. The highest BCUT2D eigenvalue weighted by molar-refractivity contribution is 7.91. The van der Waals surface area contributed by atoms with Crippen LogP contribution in [0.4, 0.5) is 8.78 Å². The van der Waals surface area contributed by atoms with Crippen molar-refractivity contribution in [3.63, 3.8) is 0 Å². The number of carbonyl (C=O) groups is 1. The van der Waals surface area contributed by atoms with E-state index in [0.29, 0.717) is 0 Å². The first-order valence-electron chi connectivity index (χ1n) is 8.84. The van der Waals surface area contributed by atoms with Gasteiger partial charge in [0.05, 0.1) is 4.88 Å². The average Bonchev–Trinajstić information content (AvgIpc) is 3.14. The number of aromatic nitrogens is 1. The molecule has 3 aromatic rings. The minimum Gasteiger partial charge on any atom is -0.480 e. The fourth-order valence-corrected chi connectivity index (χ4v) is 6.39. The smallest absolute Gasteiger partial charge is 0.325 e. The Kier molecular flexibility index (Phi) is 4.99. The van der Waals surface area contributed by atoms with Crippen molar-refractivity contribution in [3.05, 3.63) is 59.8 Å². The fourth-order valence-electron chi connectivity index (χ4n) is 3.68. The summed E-state index contributed by atoms with van der Waals surface area (Å²) in [4.78, 5) is 12.3. The Bertz CT molecular complexity index is 1190. The van der Waals surface area contributed by atoms with Crippen molar-refractivity contribution in [1.29, 1.82) is 0 Å². The van der Waals surface area contributed by atoms with Gasteiger partial charge in [-0.25, -0.2) is 17.2 Å². The van der Waals surface area contributed by atoms with Gasteiger partial charge < -0.3 is 9.63 Å². The van der Waals surface area contributed by atoms with Crippen molar-refractivity contribution in [3.8, 4) is 10.6 Å². The van der Waals surface area contributed by atoms with Crippen molar-refractivity contribution in [1.82, 2.24) is 9.88 Å². The first-order chi connectivity index (χ1) is 14.2. The molecule has 1 fully saturated rings. The molecule has 0 radical (unpaired) electrons. The molecule has 0 bridgehead atoms. The number of halogens is 2. The van der Waals surface area contributed by atoms with Crippen LogP contribution >= 0.6 is 11.3 Å². The molecule has 30 heavy (non-hydrogen) atoms. The summed E-state index contributed by atoms with van der Waals surface area (Å²) in [7, 11) is -4.19. The average molecular weight is 454 g/mol. The Labute approximate surface area is 174 Å². The molecule has 2 heterocycles. The third-order valence-electron chi connectivity index (χ3n) is 5.26. The Morgan fingerprint density at radius 2 is 1.97 bits per heavy atom. The number of carboxylic acids is 1. The molecule has 4 rings (SSSR count). The molecule has 0 spiro atoms. The molecule has 0 aliphatic heterocycles. The SMILES string of the molecule is CC1[C@@H](c2ccccc2)[C@]1(NS(=O)(=O)c1ccc(-c2cc(C(F)F)no2)s1)C(=O)O. The molecule has 158 valence electrons. The number of sulfonamides is 1. The van der Waals surface area contributed by atoms with Crippen molar-refractivity contribution in [2.24, 2.45) is 5.92 Å². The van der Waals surface area contributed by atoms with Crippen LogP contribution in [0.5, 0.6) is 0 Å². The quantitative estimate of drug-likeness (QED) is 0.561. The van der Waals surface area contributed by atoms with Gasteiger partial charge in [0.1, 0.15) is 15.4 Å². The normalized spacial score (nSPS) is 23.6. The minimum absolute atomic E-state index is 0.00616. The summed E-state index contributed by atoms with van der Waals surface area (Å²) < 4.78 is 58.3. The highest BCUT2D eigenvalue weighted by Crippen LogP contribution is 2.58. The van der Waals surface area contributed by atoms with E-state index < -0.39 is 45.5 Å². The molecule has 11 heteroatoms. The zero-order valence-corrected chi connectivity index (χ0v) is 17.1. The minimum atomic E-state index is -4.19. The molecule has 7 nitrogen and oxygen atoms in total. The van der Waals surface area contributed by atoms with Crippen molar-refractivity contribution < 1.29 is 31.6 Å². The van der Waals surface area contributed by atoms with E-state index in [4.69, 9.17) is 4.52 Å². The molecular weight excluding hydrogens is 438 g/mol. The third kappa shape index (κ3) is 3.32. The third-order valence-corrected chi connectivity index (χ3v) is 8.33. The molecule has 2 aromatic heterocycles. The summed E-state index contributed by atoms with van der Waals surface area (Å²) in [5.41, 5.74) is -1.49. The first-order valence-corrected chi connectivity index (χ1v) is 11.1. The van der Waals surface area contributed by atoms with E-state index in [1.54, 1.807) is 37.3 Å². The predicted molar refractivity (Wildman–Crippen MR) is 104 cm³/mol. The number of thiophene rings is 1. The first kappa shape index (κ1) is 20.6. The van der Waals surface area contributed by atoms with Crippen LogP contribution in [-0.4, -0.2) is 30.2 Å². The van der Waals surface area contributed by atoms with Gasteiger partial charge in [-0.15, -0.1) is 11.3 Å². The number of nitrogens with one attached hydrogen (secondary N) is 1. The number of carboxylic acid groups (broad SMARTS) is 1. The highest BCUT2D eigenvalue weighted by atomic mass is 32.2. The largest absolute Gasteiger partial charge is 0.480 e. The summed E-state index contributed by atoms with van der Waals surface area (Å²) in [6, 6.07) is 12.5. The Morgan fingerprint density at radius 1 is 1.27 bits per heavy atom. The second kappa shape index (κ2) is 7.25. The van der Waals surface area contributed by atoms with E-state index >= 15 is 0 Å². The van der Waals surface area contributed by atoms with Crippen LogP contribution in [0.3, 0.4) is 0 Å².